The molecule has 0 aliphatic carbocycles. The SMILES string of the molecule is COc1cccc(OC)c1CN1CCNCC1. The highest BCUT2D eigenvalue weighted by atomic mass is 16.5. The fourth-order valence-electron chi connectivity index (χ4n) is 2.18. The van der Waals surface area contributed by atoms with E-state index in [-0.39, 0.29) is 0 Å². The van der Waals surface area contributed by atoms with Crippen LogP contribution in [-0.4, -0.2) is 45.3 Å². The molecule has 0 radical (unpaired) electrons. The van der Waals surface area contributed by atoms with Crippen molar-refractivity contribution in [1.29, 1.82) is 0 Å². The predicted octanol–water partition coefficient (Wildman–Crippen LogP) is 1.11. The van der Waals surface area contributed by atoms with Gasteiger partial charge in [0, 0.05) is 32.7 Å². The molecule has 1 aliphatic rings. The molecule has 0 saturated carbocycles. The lowest BCUT2D eigenvalue weighted by Gasteiger charge is -2.28. The summed E-state index contributed by atoms with van der Waals surface area (Å²) >= 11 is 0. The largest absolute Gasteiger partial charge is 0.496 e. The fourth-order valence-corrected chi connectivity index (χ4v) is 2.18. The van der Waals surface area contributed by atoms with Gasteiger partial charge in [0.1, 0.15) is 11.5 Å². The highest BCUT2D eigenvalue weighted by Crippen LogP contribution is 2.29. The molecule has 1 aromatic rings. The van der Waals surface area contributed by atoms with Crippen LogP contribution in [-0.2, 0) is 6.54 Å². The molecule has 0 spiro atoms. The number of hydrogen-bond acceptors (Lipinski definition) is 4. The number of nitrogens with one attached hydrogen (secondary N) is 1. The second-order valence-electron chi connectivity index (χ2n) is 4.17. The van der Waals surface area contributed by atoms with Crippen LogP contribution in [0.1, 0.15) is 5.56 Å². The molecule has 17 heavy (non-hydrogen) atoms. The molecular weight excluding hydrogens is 216 g/mol. The molecule has 94 valence electrons. The van der Waals surface area contributed by atoms with Gasteiger partial charge in [-0.15, -0.1) is 0 Å². The van der Waals surface area contributed by atoms with E-state index < -0.39 is 0 Å². The molecule has 1 saturated heterocycles. The smallest absolute Gasteiger partial charge is 0.127 e. The number of methoxy groups -OCH3 is 2. The molecule has 1 N–H and O–H groups in total. The summed E-state index contributed by atoms with van der Waals surface area (Å²) in [5.74, 6) is 1.81. The molecule has 1 heterocycles. The Hall–Kier alpha value is -1.26. The number of ether oxygens (including phenoxy) is 2. The zero-order chi connectivity index (χ0) is 12.1. The molecule has 1 aliphatic heterocycles. The third-order valence-electron chi connectivity index (χ3n) is 3.12. The second kappa shape index (κ2) is 5.89. The number of hydrogen-bond donors (Lipinski definition) is 1. The normalized spacial score (nSPS) is 16.8. The Kier molecular flexibility index (Phi) is 4.23. The molecule has 1 aromatic carbocycles. The summed E-state index contributed by atoms with van der Waals surface area (Å²) in [7, 11) is 3.41. The van der Waals surface area contributed by atoms with Crippen molar-refractivity contribution in [3.8, 4) is 11.5 Å². The molecule has 0 aromatic heterocycles. The maximum absolute atomic E-state index is 5.41. The predicted molar refractivity (Wildman–Crippen MR) is 67.7 cm³/mol. The van der Waals surface area contributed by atoms with Gasteiger partial charge in [-0.1, -0.05) is 6.07 Å². The Morgan fingerprint density at radius 2 is 1.71 bits per heavy atom. The van der Waals surface area contributed by atoms with Crippen LogP contribution in [0.25, 0.3) is 0 Å². The number of nitrogens with zero attached hydrogens (tertiary/aromatic N) is 1. The standard InChI is InChI=1S/C13H20N2O2/c1-16-12-4-3-5-13(17-2)11(12)10-15-8-6-14-7-9-15/h3-5,14H,6-10H2,1-2H3. The van der Waals surface area contributed by atoms with Gasteiger partial charge in [0.05, 0.1) is 19.8 Å². The van der Waals surface area contributed by atoms with Gasteiger partial charge in [0.15, 0.2) is 0 Å². The Morgan fingerprint density at radius 1 is 1.12 bits per heavy atom. The fraction of sp³-hybridized carbons (Fsp3) is 0.538. The molecule has 4 nitrogen and oxygen atoms in total. The van der Waals surface area contributed by atoms with Gasteiger partial charge in [-0.25, -0.2) is 0 Å². The number of piperazine rings is 1. The monoisotopic (exact) mass is 236 g/mol. The molecule has 1 fully saturated rings. The van der Waals surface area contributed by atoms with E-state index in [0.29, 0.717) is 0 Å². The minimum Gasteiger partial charge on any atom is -0.496 e. The topological polar surface area (TPSA) is 33.7 Å². The zero-order valence-electron chi connectivity index (χ0n) is 10.5. The van der Waals surface area contributed by atoms with Crippen molar-refractivity contribution in [2.75, 3.05) is 40.4 Å². The average molecular weight is 236 g/mol. The van der Waals surface area contributed by atoms with Crippen LogP contribution in [0.5, 0.6) is 11.5 Å². The summed E-state index contributed by atoms with van der Waals surface area (Å²) in [6.07, 6.45) is 0. The van der Waals surface area contributed by atoms with Crippen molar-refractivity contribution in [2.24, 2.45) is 0 Å². The van der Waals surface area contributed by atoms with Gasteiger partial charge in [0.2, 0.25) is 0 Å². The molecule has 0 atom stereocenters. The van der Waals surface area contributed by atoms with Crippen LogP contribution in [0, 0.1) is 0 Å². The summed E-state index contributed by atoms with van der Waals surface area (Å²) in [4.78, 5) is 2.41. The lowest BCUT2D eigenvalue weighted by Crippen LogP contribution is -2.42. The lowest BCUT2D eigenvalue weighted by molar-refractivity contribution is 0.226. The Morgan fingerprint density at radius 3 is 2.24 bits per heavy atom. The van der Waals surface area contributed by atoms with Crippen LogP contribution in [0.2, 0.25) is 0 Å². The first-order chi connectivity index (χ1) is 8.35. The van der Waals surface area contributed by atoms with E-state index in [1.54, 1.807) is 14.2 Å². The third kappa shape index (κ3) is 2.90. The summed E-state index contributed by atoms with van der Waals surface area (Å²) < 4.78 is 10.8. The van der Waals surface area contributed by atoms with Crippen molar-refractivity contribution in [2.45, 2.75) is 6.54 Å². The van der Waals surface area contributed by atoms with E-state index >= 15 is 0 Å². The van der Waals surface area contributed by atoms with E-state index in [0.717, 1.165) is 49.8 Å². The van der Waals surface area contributed by atoms with E-state index in [1.165, 1.54) is 0 Å². The van der Waals surface area contributed by atoms with Crippen molar-refractivity contribution in [3.63, 3.8) is 0 Å². The zero-order valence-corrected chi connectivity index (χ0v) is 10.5. The van der Waals surface area contributed by atoms with Crippen LogP contribution < -0.4 is 14.8 Å². The summed E-state index contributed by atoms with van der Waals surface area (Å²) in [5.41, 5.74) is 1.14. The molecule has 0 unspecified atom stereocenters. The maximum atomic E-state index is 5.41. The Bertz CT molecular complexity index is 340. The first-order valence-corrected chi connectivity index (χ1v) is 5.98. The van der Waals surface area contributed by atoms with Crippen molar-refractivity contribution in [1.82, 2.24) is 10.2 Å². The van der Waals surface area contributed by atoms with Crippen LogP contribution in [0.15, 0.2) is 18.2 Å². The molecule has 2 rings (SSSR count). The van der Waals surface area contributed by atoms with Gasteiger partial charge in [-0.3, -0.25) is 4.90 Å². The molecule has 0 bridgehead atoms. The van der Waals surface area contributed by atoms with E-state index in [1.807, 2.05) is 18.2 Å². The average Bonchev–Trinajstić information content (AvgIpc) is 2.40. The second-order valence-corrected chi connectivity index (χ2v) is 4.17. The summed E-state index contributed by atoms with van der Waals surface area (Å²) in [6.45, 7) is 5.13. The highest BCUT2D eigenvalue weighted by Gasteiger charge is 2.15. The number of rotatable bonds is 4. The van der Waals surface area contributed by atoms with E-state index in [9.17, 15) is 0 Å². The lowest BCUT2D eigenvalue weighted by atomic mass is 10.1. The van der Waals surface area contributed by atoms with Gasteiger partial charge < -0.3 is 14.8 Å². The van der Waals surface area contributed by atoms with Crippen molar-refractivity contribution >= 4 is 0 Å². The third-order valence-corrected chi connectivity index (χ3v) is 3.12. The Labute approximate surface area is 103 Å². The Balaban J connectivity index is 2.16. The van der Waals surface area contributed by atoms with Crippen molar-refractivity contribution < 1.29 is 9.47 Å². The molecule has 0 amide bonds. The van der Waals surface area contributed by atoms with Gasteiger partial charge >= 0.3 is 0 Å². The highest BCUT2D eigenvalue weighted by molar-refractivity contribution is 5.44. The van der Waals surface area contributed by atoms with Crippen LogP contribution in [0.3, 0.4) is 0 Å². The molecule has 4 heteroatoms. The van der Waals surface area contributed by atoms with Gasteiger partial charge in [-0.05, 0) is 12.1 Å². The minimum atomic E-state index is 0.884. The molecular formula is C13H20N2O2. The van der Waals surface area contributed by atoms with Crippen LogP contribution in [0.4, 0.5) is 0 Å². The minimum absolute atomic E-state index is 0.884. The van der Waals surface area contributed by atoms with Gasteiger partial charge in [0.25, 0.3) is 0 Å². The van der Waals surface area contributed by atoms with Gasteiger partial charge in [-0.2, -0.15) is 0 Å². The van der Waals surface area contributed by atoms with E-state index in [2.05, 4.69) is 10.2 Å². The number of benzene rings is 1. The van der Waals surface area contributed by atoms with E-state index in [4.69, 9.17) is 9.47 Å². The maximum Gasteiger partial charge on any atom is 0.127 e. The van der Waals surface area contributed by atoms with Crippen molar-refractivity contribution in [3.05, 3.63) is 23.8 Å². The quantitative estimate of drug-likeness (QED) is 0.849. The first-order valence-electron chi connectivity index (χ1n) is 5.98. The van der Waals surface area contributed by atoms with Crippen LogP contribution >= 0.6 is 0 Å². The first kappa shape index (κ1) is 12.2. The summed E-state index contributed by atoms with van der Waals surface area (Å²) in [6, 6.07) is 5.93. The summed E-state index contributed by atoms with van der Waals surface area (Å²) in [5, 5.41) is 3.35.